The van der Waals surface area contributed by atoms with Crippen LogP contribution in [0, 0.1) is 5.92 Å². The molecule has 1 aliphatic carbocycles. The van der Waals surface area contributed by atoms with E-state index in [0.29, 0.717) is 22.5 Å². The summed E-state index contributed by atoms with van der Waals surface area (Å²) in [7, 11) is 0. The summed E-state index contributed by atoms with van der Waals surface area (Å²) in [5.41, 5.74) is 3.57. The van der Waals surface area contributed by atoms with E-state index in [0.717, 1.165) is 56.9 Å². The number of hydrogen-bond acceptors (Lipinski definition) is 5. The van der Waals surface area contributed by atoms with Gasteiger partial charge in [-0.3, -0.25) is 4.79 Å². The van der Waals surface area contributed by atoms with Gasteiger partial charge in [-0.1, -0.05) is 36.2 Å². The van der Waals surface area contributed by atoms with E-state index in [4.69, 9.17) is 23.2 Å². The second kappa shape index (κ2) is 8.57. The first kappa shape index (κ1) is 21.0. The Morgan fingerprint density at radius 3 is 2.68 bits per heavy atom. The quantitative estimate of drug-likeness (QED) is 0.760. The number of hydrogen-bond donors (Lipinski definition) is 1. The fourth-order valence-corrected chi connectivity index (χ4v) is 5.59. The van der Waals surface area contributed by atoms with Crippen LogP contribution in [0.3, 0.4) is 0 Å². The number of amides is 1. The van der Waals surface area contributed by atoms with Crippen molar-refractivity contribution in [1.29, 1.82) is 0 Å². The molecule has 2 aromatic rings. The van der Waals surface area contributed by atoms with Crippen LogP contribution in [-0.4, -0.2) is 60.0 Å². The van der Waals surface area contributed by atoms with E-state index >= 15 is 0 Å². The molecule has 1 amide bonds. The van der Waals surface area contributed by atoms with E-state index in [-0.39, 0.29) is 17.7 Å². The van der Waals surface area contributed by atoms with Gasteiger partial charge in [0.1, 0.15) is 12.1 Å². The summed E-state index contributed by atoms with van der Waals surface area (Å²) in [6.45, 7) is 6.78. The monoisotopic (exact) mass is 459 g/mol. The first-order chi connectivity index (χ1) is 15.0. The van der Waals surface area contributed by atoms with E-state index in [1.165, 1.54) is 11.3 Å². The first-order valence-electron chi connectivity index (χ1n) is 11.1. The van der Waals surface area contributed by atoms with Gasteiger partial charge in [0, 0.05) is 56.4 Å². The molecule has 164 valence electrons. The minimum Gasteiger partial charge on any atom is -0.353 e. The fourth-order valence-electron chi connectivity index (χ4n) is 5.28. The largest absolute Gasteiger partial charge is 0.353 e. The zero-order valence-electron chi connectivity index (χ0n) is 17.7. The summed E-state index contributed by atoms with van der Waals surface area (Å²) in [4.78, 5) is 26.8. The summed E-state index contributed by atoms with van der Waals surface area (Å²) in [5, 5.41) is 4.47. The Morgan fingerprint density at radius 2 is 1.90 bits per heavy atom. The van der Waals surface area contributed by atoms with Gasteiger partial charge in [0.25, 0.3) is 0 Å². The lowest BCUT2D eigenvalue weighted by Crippen LogP contribution is -2.51. The second-order valence-corrected chi connectivity index (χ2v) is 9.67. The van der Waals surface area contributed by atoms with Crippen LogP contribution in [0.1, 0.15) is 42.0 Å². The Hall–Kier alpha value is -1.89. The van der Waals surface area contributed by atoms with Crippen molar-refractivity contribution in [3.63, 3.8) is 0 Å². The lowest BCUT2D eigenvalue weighted by Gasteiger charge is -2.38. The lowest BCUT2D eigenvalue weighted by molar-refractivity contribution is -0.135. The van der Waals surface area contributed by atoms with Crippen molar-refractivity contribution in [1.82, 2.24) is 20.2 Å². The minimum absolute atomic E-state index is 0.0767. The number of nitrogens with one attached hydrogen (secondary N) is 1. The number of halogens is 2. The molecule has 3 atom stereocenters. The Morgan fingerprint density at radius 1 is 1.10 bits per heavy atom. The number of nitrogens with zero attached hydrogens (tertiary/aromatic N) is 4. The minimum atomic E-state index is -0.0767. The average molecular weight is 460 g/mol. The maximum absolute atomic E-state index is 13.4. The molecule has 3 aliphatic rings. The number of anilines is 1. The van der Waals surface area contributed by atoms with Crippen LogP contribution in [-0.2, 0) is 11.2 Å². The number of carbonyl (C=O) groups excluding carboxylic acids is 1. The van der Waals surface area contributed by atoms with E-state index in [2.05, 4.69) is 27.1 Å². The lowest BCUT2D eigenvalue weighted by atomic mass is 9.88. The standard InChI is InChI=1S/C23H27Cl2N5O/c1-14-2-5-20-21(14)22(28-13-27-20)29-6-8-30(9-7-29)23(31)17-12-26-11-16(17)15-3-4-18(24)19(25)10-15/h3-4,10,13-14,16-17,26H,2,5-9,11-12H2,1H3/t14?,16-,17+/m1/s1. The van der Waals surface area contributed by atoms with Gasteiger partial charge in [0.05, 0.1) is 16.0 Å². The SMILES string of the molecule is CC1CCc2ncnc(N3CCN(C(=O)[C@H]4CNC[C@@H]4c4ccc(Cl)c(Cl)c4)CC3)c21. The number of carbonyl (C=O) groups is 1. The Kier molecular flexibility index (Phi) is 5.80. The molecule has 1 aromatic carbocycles. The van der Waals surface area contributed by atoms with Crippen LogP contribution in [0.2, 0.25) is 10.0 Å². The Balaban J connectivity index is 1.27. The van der Waals surface area contributed by atoms with Crippen LogP contribution in [0.5, 0.6) is 0 Å². The van der Waals surface area contributed by atoms with Crippen molar-refractivity contribution in [2.75, 3.05) is 44.2 Å². The molecule has 2 saturated heterocycles. The molecule has 0 spiro atoms. The molecular weight excluding hydrogens is 433 g/mol. The highest BCUT2D eigenvalue weighted by Crippen LogP contribution is 2.38. The molecule has 1 unspecified atom stereocenters. The summed E-state index contributed by atoms with van der Waals surface area (Å²) in [6.07, 6.45) is 3.87. The van der Waals surface area contributed by atoms with Crippen molar-refractivity contribution in [3.05, 3.63) is 51.4 Å². The molecule has 8 heteroatoms. The molecule has 3 heterocycles. The third-order valence-corrected chi connectivity index (χ3v) is 7.79. The van der Waals surface area contributed by atoms with Crippen molar-refractivity contribution in [2.45, 2.75) is 31.6 Å². The fraction of sp³-hybridized carbons (Fsp3) is 0.522. The maximum Gasteiger partial charge on any atom is 0.227 e. The maximum atomic E-state index is 13.4. The van der Waals surface area contributed by atoms with Gasteiger partial charge in [-0.2, -0.15) is 0 Å². The van der Waals surface area contributed by atoms with E-state index in [9.17, 15) is 4.79 Å². The number of rotatable bonds is 3. The third-order valence-electron chi connectivity index (χ3n) is 7.05. The van der Waals surface area contributed by atoms with Crippen molar-refractivity contribution in [3.8, 4) is 0 Å². The zero-order chi connectivity index (χ0) is 21.5. The Labute approximate surface area is 192 Å². The van der Waals surface area contributed by atoms with Gasteiger partial charge in [-0.05, 0) is 36.5 Å². The van der Waals surface area contributed by atoms with Crippen molar-refractivity contribution >= 4 is 34.9 Å². The van der Waals surface area contributed by atoms with E-state index < -0.39 is 0 Å². The molecule has 2 fully saturated rings. The van der Waals surface area contributed by atoms with Gasteiger partial charge in [0.2, 0.25) is 5.91 Å². The zero-order valence-corrected chi connectivity index (χ0v) is 19.2. The van der Waals surface area contributed by atoms with Gasteiger partial charge in [0.15, 0.2) is 0 Å². The molecule has 5 rings (SSSR count). The summed E-state index contributed by atoms with van der Waals surface area (Å²) >= 11 is 12.3. The van der Waals surface area contributed by atoms with Crippen LogP contribution in [0.4, 0.5) is 5.82 Å². The molecular formula is C23H27Cl2N5O. The predicted octanol–water partition coefficient (Wildman–Crippen LogP) is 3.48. The smallest absolute Gasteiger partial charge is 0.227 e. The van der Waals surface area contributed by atoms with Gasteiger partial charge >= 0.3 is 0 Å². The number of fused-ring (bicyclic) bond motifs is 1. The van der Waals surface area contributed by atoms with Gasteiger partial charge in [-0.25, -0.2) is 9.97 Å². The molecule has 1 aromatic heterocycles. The first-order valence-corrected chi connectivity index (χ1v) is 11.8. The van der Waals surface area contributed by atoms with Crippen LogP contribution < -0.4 is 10.2 Å². The number of aryl methyl sites for hydroxylation is 1. The average Bonchev–Trinajstić information content (AvgIpc) is 3.43. The molecule has 31 heavy (non-hydrogen) atoms. The van der Waals surface area contributed by atoms with Crippen molar-refractivity contribution in [2.24, 2.45) is 5.92 Å². The molecule has 0 saturated carbocycles. The Bertz CT molecular complexity index is 992. The summed E-state index contributed by atoms with van der Waals surface area (Å²) in [5.74, 6) is 1.83. The normalized spacial score (nSPS) is 25.7. The molecule has 1 N–H and O–H groups in total. The van der Waals surface area contributed by atoms with E-state index in [1.54, 1.807) is 6.33 Å². The molecule has 2 aliphatic heterocycles. The highest BCUT2D eigenvalue weighted by Gasteiger charge is 2.38. The van der Waals surface area contributed by atoms with Crippen LogP contribution in [0.25, 0.3) is 0 Å². The number of piperazine rings is 1. The highest BCUT2D eigenvalue weighted by molar-refractivity contribution is 6.42. The van der Waals surface area contributed by atoms with Crippen LogP contribution in [0.15, 0.2) is 24.5 Å². The van der Waals surface area contributed by atoms with Gasteiger partial charge in [-0.15, -0.1) is 0 Å². The molecule has 0 bridgehead atoms. The second-order valence-electron chi connectivity index (χ2n) is 8.85. The topological polar surface area (TPSA) is 61.4 Å². The number of benzene rings is 1. The van der Waals surface area contributed by atoms with E-state index in [1.807, 2.05) is 23.1 Å². The summed E-state index contributed by atoms with van der Waals surface area (Å²) in [6, 6.07) is 5.70. The highest BCUT2D eigenvalue weighted by atomic mass is 35.5. The predicted molar refractivity (Wildman–Crippen MR) is 123 cm³/mol. The van der Waals surface area contributed by atoms with Crippen LogP contribution >= 0.6 is 23.2 Å². The summed E-state index contributed by atoms with van der Waals surface area (Å²) < 4.78 is 0. The molecule has 0 radical (unpaired) electrons. The number of aromatic nitrogens is 2. The third kappa shape index (κ3) is 3.90. The van der Waals surface area contributed by atoms with Gasteiger partial charge < -0.3 is 15.1 Å². The molecule has 6 nitrogen and oxygen atoms in total. The van der Waals surface area contributed by atoms with Crippen molar-refractivity contribution < 1.29 is 4.79 Å².